The fraction of sp³-hybridized carbons (Fsp3) is 0. The highest BCUT2D eigenvalue weighted by atomic mass is 35.5. The molecule has 0 saturated carbocycles. The molecule has 0 fully saturated rings. The number of halogens is 1. The lowest BCUT2D eigenvalue weighted by Gasteiger charge is -1.89. The highest BCUT2D eigenvalue weighted by molar-refractivity contribution is 7.71. The molecular formula is C7H5ClO2S. The Hall–Kier alpha value is -0.800. The zero-order chi connectivity index (χ0) is 8.27. The van der Waals surface area contributed by atoms with E-state index in [9.17, 15) is 8.42 Å². The summed E-state index contributed by atoms with van der Waals surface area (Å²) in [5.74, 6) is 0. The molecule has 0 atom stereocenters. The summed E-state index contributed by atoms with van der Waals surface area (Å²) >= 11 is 5.61. The van der Waals surface area contributed by atoms with E-state index >= 15 is 0 Å². The van der Waals surface area contributed by atoms with Crippen LogP contribution in [0.15, 0.2) is 24.3 Å². The molecule has 0 aliphatic rings. The van der Waals surface area contributed by atoms with Gasteiger partial charge in [-0.05, 0) is 17.7 Å². The first-order chi connectivity index (χ1) is 5.18. The van der Waals surface area contributed by atoms with E-state index < -0.39 is 10.3 Å². The quantitative estimate of drug-likeness (QED) is 0.624. The molecule has 0 aromatic heterocycles. The van der Waals surface area contributed by atoms with Crippen molar-refractivity contribution in [2.75, 3.05) is 0 Å². The lowest BCUT2D eigenvalue weighted by atomic mass is 10.2. The normalized spacial score (nSPS) is 9.18. The van der Waals surface area contributed by atoms with Crippen molar-refractivity contribution < 1.29 is 8.42 Å². The summed E-state index contributed by atoms with van der Waals surface area (Å²) in [7, 11) is -2.16. The van der Waals surface area contributed by atoms with Crippen molar-refractivity contribution in [3.8, 4) is 0 Å². The molecule has 1 aromatic rings. The molecular weight excluding hydrogens is 184 g/mol. The molecule has 58 valence electrons. The smallest absolute Gasteiger partial charge is 0.185 e. The van der Waals surface area contributed by atoms with E-state index in [1.165, 1.54) is 0 Å². The van der Waals surface area contributed by atoms with Gasteiger partial charge in [0.25, 0.3) is 0 Å². The second-order valence-electron chi connectivity index (χ2n) is 1.93. The minimum atomic E-state index is -2.16. The van der Waals surface area contributed by atoms with Crippen molar-refractivity contribution in [1.82, 2.24) is 0 Å². The standard InChI is InChI=1S/C7H5ClO2S/c8-7-3-1-2-6(4-7)5-11(9)10/h1-5H. The SMILES string of the molecule is O=S(=O)=Cc1cccc(Cl)c1. The van der Waals surface area contributed by atoms with Crippen molar-refractivity contribution in [3.05, 3.63) is 34.9 Å². The minimum Gasteiger partial charge on any atom is -0.185 e. The van der Waals surface area contributed by atoms with Crippen LogP contribution in [0, 0.1) is 0 Å². The van der Waals surface area contributed by atoms with Gasteiger partial charge in [-0.3, -0.25) is 0 Å². The first-order valence-electron chi connectivity index (χ1n) is 2.87. The summed E-state index contributed by atoms with van der Waals surface area (Å²) in [5, 5.41) is 1.63. The fourth-order valence-corrected chi connectivity index (χ4v) is 1.26. The van der Waals surface area contributed by atoms with Crippen molar-refractivity contribution >= 4 is 27.3 Å². The van der Waals surface area contributed by atoms with E-state index in [1.54, 1.807) is 24.3 Å². The summed E-state index contributed by atoms with van der Waals surface area (Å²) < 4.78 is 20.4. The maximum absolute atomic E-state index is 10.2. The van der Waals surface area contributed by atoms with Gasteiger partial charge in [0.05, 0.1) is 5.37 Å². The van der Waals surface area contributed by atoms with E-state index in [4.69, 9.17) is 11.6 Å². The van der Waals surface area contributed by atoms with Gasteiger partial charge in [0.15, 0.2) is 0 Å². The Morgan fingerprint density at radius 2 is 2.09 bits per heavy atom. The van der Waals surface area contributed by atoms with Crippen LogP contribution >= 0.6 is 11.6 Å². The monoisotopic (exact) mass is 188 g/mol. The molecule has 1 aromatic carbocycles. The summed E-state index contributed by atoms with van der Waals surface area (Å²) in [6, 6.07) is 6.63. The predicted molar refractivity (Wildman–Crippen MR) is 45.5 cm³/mol. The largest absolute Gasteiger partial charge is 0.214 e. The molecule has 0 aliphatic heterocycles. The van der Waals surface area contributed by atoms with Crippen LogP contribution in [0.4, 0.5) is 0 Å². The lowest BCUT2D eigenvalue weighted by molar-refractivity contribution is 0.627. The average molecular weight is 189 g/mol. The van der Waals surface area contributed by atoms with Gasteiger partial charge in [0, 0.05) is 5.02 Å². The Balaban J connectivity index is 3.17. The van der Waals surface area contributed by atoms with Crippen molar-refractivity contribution in [2.45, 2.75) is 0 Å². The average Bonchev–Trinajstić information content (AvgIpc) is 1.85. The van der Waals surface area contributed by atoms with Crippen LogP contribution in [0.2, 0.25) is 5.02 Å². The van der Waals surface area contributed by atoms with Gasteiger partial charge in [-0.2, -0.15) is 8.42 Å². The van der Waals surface area contributed by atoms with Gasteiger partial charge >= 0.3 is 0 Å². The van der Waals surface area contributed by atoms with Crippen LogP contribution in [0.1, 0.15) is 5.56 Å². The number of benzene rings is 1. The van der Waals surface area contributed by atoms with Crippen LogP contribution in [-0.2, 0) is 10.3 Å². The molecule has 0 saturated heterocycles. The Morgan fingerprint density at radius 1 is 1.36 bits per heavy atom. The third kappa shape index (κ3) is 2.74. The molecule has 0 unspecified atom stereocenters. The highest BCUT2D eigenvalue weighted by Gasteiger charge is 1.88. The van der Waals surface area contributed by atoms with E-state index in [0.717, 1.165) is 5.37 Å². The zero-order valence-corrected chi connectivity index (χ0v) is 7.06. The van der Waals surface area contributed by atoms with Crippen molar-refractivity contribution in [2.24, 2.45) is 0 Å². The van der Waals surface area contributed by atoms with Gasteiger partial charge in [0.1, 0.15) is 0 Å². The maximum atomic E-state index is 10.2. The third-order valence-electron chi connectivity index (χ3n) is 1.08. The molecule has 4 heteroatoms. The Kier molecular flexibility index (Phi) is 2.68. The Morgan fingerprint density at radius 3 is 2.64 bits per heavy atom. The molecule has 0 N–H and O–H groups in total. The number of hydrogen-bond acceptors (Lipinski definition) is 2. The second-order valence-corrected chi connectivity index (χ2v) is 3.13. The van der Waals surface area contributed by atoms with Gasteiger partial charge in [-0.15, -0.1) is 0 Å². The van der Waals surface area contributed by atoms with E-state index in [2.05, 4.69) is 0 Å². The third-order valence-corrected chi connectivity index (χ3v) is 1.78. The molecule has 0 bridgehead atoms. The molecule has 11 heavy (non-hydrogen) atoms. The predicted octanol–water partition coefficient (Wildman–Crippen LogP) is 1.37. The van der Waals surface area contributed by atoms with Crippen LogP contribution in [0.3, 0.4) is 0 Å². The first kappa shape index (κ1) is 8.30. The number of hydrogen-bond donors (Lipinski definition) is 0. The van der Waals surface area contributed by atoms with E-state index in [1.807, 2.05) is 0 Å². The van der Waals surface area contributed by atoms with E-state index in [-0.39, 0.29) is 0 Å². The summed E-state index contributed by atoms with van der Waals surface area (Å²) in [5.41, 5.74) is 0.589. The Bertz CT molecular complexity index is 373. The molecule has 0 heterocycles. The van der Waals surface area contributed by atoms with Crippen LogP contribution in [0.25, 0.3) is 0 Å². The summed E-state index contributed by atoms with van der Waals surface area (Å²) in [6.07, 6.45) is 0. The van der Waals surface area contributed by atoms with Gasteiger partial charge < -0.3 is 0 Å². The van der Waals surface area contributed by atoms with Crippen LogP contribution in [0.5, 0.6) is 0 Å². The van der Waals surface area contributed by atoms with Gasteiger partial charge in [0.2, 0.25) is 10.3 Å². The molecule has 0 radical (unpaired) electrons. The second kappa shape index (κ2) is 3.55. The molecule has 2 nitrogen and oxygen atoms in total. The Labute approximate surface area is 71.0 Å². The highest BCUT2D eigenvalue weighted by Crippen LogP contribution is 2.08. The van der Waals surface area contributed by atoms with Gasteiger partial charge in [-0.1, -0.05) is 23.7 Å². The van der Waals surface area contributed by atoms with Crippen LogP contribution < -0.4 is 0 Å². The summed E-state index contributed by atoms with van der Waals surface area (Å²) in [4.78, 5) is 0. The maximum Gasteiger partial charge on any atom is 0.214 e. The first-order valence-corrected chi connectivity index (χ1v) is 4.38. The molecule has 0 amide bonds. The number of rotatable bonds is 1. The minimum absolute atomic E-state index is 0.532. The molecule has 1 rings (SSSR count). The van der Waals surface area contributed by atoms with Crippen molar-refractivity contribution in [3.63, 3.8) is 0 Å². The molecule has 0 spiro atoms. The lowest BCUT2D eigenvalue weighted by Crippen LogP contribution is -1.79. The molecule has 0 aliphatic carbocycles. The van der Waals surface area contributed by atoms with Crippen molar-refractivity contribution in [1.29, 1.82) is 0 Å². The van der Waals surface area contributed by atoms with Crippen LogP contribution in [-0.4, -0.2) is 13.8 Å². The van der Waals surface area contributed by atoms with Gasteiger partial charge in [-0.25, -0.2) is 0 Å². The topological polar surface area (TPSA) is 34.1 Å². The fourth-order valence-electron chi connectivity index (χ4n) is 0.691. The zero-order valence-electron chi connectivity index (χ0n) is 5.49. The van der Waals surface area contributed by atoms with E-state index in [0.29, 0.717) is 10.6 Å². The summed E-state index contributed by atoms with van der Waals surface area (Å²) in [6.45, 7) is 0.